The maximum atomic E-state index is 13.6. The molecule has 6 nitrogen and oxygen atoms in total. The third-order valence-corrected chi connectivity index (χ3v) is 5.33. The first-order valence-corrected chi connectivity index (χ1v) is 10.6. The fraction of sp³-hybridized carbons (Fsp3) is 0.375. The molecule has 0 aromatic heterocycles. The molecular formula is C24H25F3N2O4. The van der Waals surface area contributed by atoms with E-state index in [1.165, 1.54) is 24.1 Å². The van der Waals surface area contributed by atoms with Gasteiger partial charge in [0.05, 0.1) is 25.0 Å². The van der Waals surface area contributed by atoms with Gasteiger partial charge in [0.25, 0.3) is 5.91 Å². The minimum atomic E-state index is -4.55. The van der Waals surface area contributed by atoms with Crippen molar-refractivity contribution in [3.8, 4) is 0 Å². The smallest absolute Gasteiger partial charge is 0.392 e. The lowest BCUT2D eigenvalue weighted by Crippen LogP contribution is -2.36. The van der Waals surface area contributed by atoms with Crippen LogP contribution in [-0.2, 0) is 25.6 Å². The van der Waals surface area contributed by atoms with E-state index < -0.39 is 24.0 Å². The van der Waals surface area contributed by atoms with E-state index in [1.807, 2.05) is 30.3 Å². The first-order valence-electron chi connectivity index (χ1n) is 10.6. The number of alkyl halides is 3. The van der Waals surface area contributed by atoms with Gasteiger partial charge in [-0.1, -0.05) is 49.4 Å². The van der Waals surface area contributed by atoms with Gasteiger partial charge < -0.3 is 9.47 Å². The summed E-state index contributed by atoms with van der Waals surface area (Å²) in [5.41, 5.74) is 1.58. The van der Waals surface area contributed by atoms with E-state index >= 15 is 0 Å². The highest BCUT2D eigenvalue weighted by atomic mass is 19.4. The molecule has 0 saturated heterocycles. The topological polar surface area (TPSA) is 68.2 Å². The second-order valence-electron chi connectivity index (χ2n) is 7.54. The number of hydrogen-bond acceptors (Lipinski definition) is 5. The average molecular weight is 462 g/mol. The predicted molar refractivity (Wildman–Crippen MR) is 115 cm³/mol. The van der Waals surface area contributed by atoms with Crippen molar-refractivity contribution in [1.29, 1.82) is 0 Å². The second kappa shape index (κ2) is 10.5. The van der Waals surface area contributed by atoms with Gasteiger partial charge >= 0.3 is 12.1 Å². The van der Waals surface area contributed by atoms with E-state index in [2.05, 4.69) is 5.10 Å². The van der Waals surface area contributed by atoms with Crippen molar-refractivity contribution in [3.63, 3.8) is 0 Å². The van der Waals surface area contributed by atoms with Gasteiger partial charge in [0.1, 0.15) is 0 Å². The van der Waals surface area contributed by atoms with Crippen LogP contribution in [0.2, 0.25) is 0 Å². The molecule has 1 heterocycles. The zero-order valence-corrected chi connectivity index (χ0v) is 18.3. The van der Waals surface area contributed by atoms with Crippen LogP contribution in [0.15, 0.2) is 59.7 Å². The molecule has 0 saturated carbocycles. The quantitative estimate of drug-likeness (QED) is 0.536. The van der Waals surface area contributed by atoms with Crippen LogP contribution in [-0.4, -0.2) is 42.2 Å². The first kappa shape index (κ1) is 24.3. The van der Waals surface area contributed by atoms with Gasteiger partial charge in [-0.25, -0.2) is 5.01 Å². The Bertz CT molecular complexity index is 991. The number of carbonyl (C=O) groups is 2. The number of amides is 1. The molecule has 0 bridgehead atoms. The van der Waals surface area contributed by atoms with Crippen molar-refractivity contribution in [3.05, 3.63) is 71.3 Å². The van der Waals surface area contributed by atoms with E-state index in [0.29, 0.717) is 11.5 Å². The molecule has 0 spiro atoms. The summed E-state index contributed by atoms with van der Waals surface area (Å²) in [6, 6.07) is 15.2. The van der Waals surface area contributed by atoms with Crippen LogP contribution in [0.5, 0.6) is 0 Å². The Balaban J connectivity index is 1.83. The SMILES string of the molecule is CCOC(=O)C(c1ccc(CN2N=C(c3ccccc3)OCC2=O)cc1)C(CC)C(F)(F)F. The van der Waals surface area contributed by atoms with Gasteiger partial charge in [-0.2, -0.15) is 13.2 Å². The lowest BCUT2D eigenvalue weighted by Gasteiger charge is -2.27. The number of carbonyl (C=O) groups excluding carboxylic acids is 2. The van der Waals surface area contributed by atoms with Gasteiger partial charge in [0.2, 0.25) is 5.90 Å². The maximum absolute atomic E-state index is 13.6. The number of esters is 1. The Kier molecular flexibility index (Phi) is 7.73. The summed E-state index contributed by atoms with van der Waals surface area (Å²) >= 11 is 0. The molecule has 2 atom stereocenters. The summed E-state index contributed by atoms with van der Waals surface area (Å²) in [6.45, 7) is 2.88. The molecule has 2 unspecified atom stereocenters. The molecule has 0 aliphatic carbocycles. The van der Waals surface area contributed by atoms with Gasteiger partial charge in [0.15, 0.2) is 6.61 Å². The lowest BCUT2D eigenvalue weighted by atomic mass is 9.83. The number of nitrogens with zero attached hydrogens (tertiary/aromatic N) is 2. The molecule has 0 N–H and O–H groups in total. The Hall–Kier alpha value is -3.36. The van der Waals surface area contributed by atoms with E-state index in [4.69, 9.17) is 9.47 Å². The fourth-order valence-corrected chi connectivity index (χ4v) is 3.67. The van der Waals surface area contributed by atoms with Crippen molar-refractivity contribution >= 4 is 17.8 Å². The number of halogens is 3. The van der Waals surface area contributed by atoms with Crippen LogP contribution in [0.3, 0.4) is 0 Å². The summed E-state index contributed by atoms with van der Waals surface area (Å²) in [4.78, 5) is 24.7. The van der Waals surface area contributed by atoms with E-state index in [9.17, 15) is 22.8 Å². The number of hydrogen-bond donors (Lipinski definition) is 0. The molecule has 9 heteroatoms. The molecule has 1 aliphatic rings. The van der Waals surface area contributed by atoms with Crippen molar-refractivity contribution < 1.29 is 32.2 Å². The van der Waals surface area contributed by atoms with Gasteiger partial charge in [0, 0.05) is 5.56 Å². The minimum Gasteiger partial charge on any atom is -0.466 e. The molecule has 176 valence electrons. The van der Waals surface area contributed by atoms with E-state index in [1.54, 1.807) is 19.1 Å². The Morgan fingerprint density at radius 3 is 2.36 bits per heavy atom. The maximum Gasteiger partial charge on any atom is 0.392 e. The third kappa shape index (κ3) is 5.91. The summed E-state index contributed by atoms with van der Waals surface area (Å²) in [5, 5.41) is 5.53. The molecule has 1 amide bonds. The monoisotopic (exact) mass is 462 g/mol. The average Bonchev–Trinajstić information content (AvgIpc) is 2.79. The highest BCUT2D eigenvalue weighted by Crippen LogP contribution is 2.40. The van der Waals surface area contributed by atoms with Crippen LogP contribution in [0, 0.1) is 5.92 Å². The first-order chi connectivity index (χ1) is 15.7. The molecular weight excluding hydrogens is 437 g/mol. The third-order valence-electron chi connectivity index (χ3n) is 5.33. The predicted octanol–water partition coefficient (Wildman–Crippen LogP) is 4.64. The normalized spacial score (nSPS) is 16.0. The fourth-order valence-electron chi connectivity index (χ4n) is 3.67. The van der Waals surface area contributed by atoms with Gasteiger partial charge in [-0.05, 0) is 36.6 Å². The molecule has 0 radical (unpaired) electrons. The summed E-state index contributed by atoms with van der Waals surface area (Å²) in [6.07, 6.45) is -4.80. The van der Waals surface area contributed by atoms with Crippen molar-refractivity contribution in [2.75, 3.05) is 13.2 Å². The van der Waals surface area contributed by atoms with E-state index in [-0.39, 0.29) is 37.6 Å². The lowest BCUT2D eigenvalue weighted by molar-refractivity contribution is -0.190. The zero-order chi connectivity index (χ0) is 24.0. The van der Waals surface area contributed by atoms with Crippen molar-refractivity contribution in [1.82, 2.24) is 5.01 Å². The summed E-state index contributed by atoms with van der Waals surface area (Å²) < 4.78 is 51.1. The summed E-state index contributed by atoms with van der Waals surface area (Å²) in [5.74, 6) is -4.26. The molecule has 0 fully saturated rings. The van der Waals surface area contributed by atoms with Gasteiger partial charge in [-0.3, -0.25) is 9.59 Å². The molecule has 2 aromatic rings. The molecule has 3 rings (SSSR count). The van der Waals surface area contributed by atoms with Crippen LogP contribution < -0.4 is 0 Å². The van der Waals surface area contributed by atoms with Crippen LogP contribution in [0.1, 0.15) is 42.9 Å². The summed E-state index contributed by atoms with van der Waals surface area (Å²) in [7, 11) is 0. The number of benzene rings is 2. The number of ether oxygens (including phenoxy) is 2. The Labute approximate surface area is 190 Å². The standard InChI is InChI=1S/C24H25F3N2O4/c1-3-19(24(25,26)27)21(23(31)32-4-2)17-12-10-16(11-13-17)14-29-20(30)15-33-22(28-29)18-8-6-5-7-9-18/h5-13,19,21H,3-4,14-15H2,1-2H3. The van der Waals surface area contributed by atoms with Crippen LogP contribution >= 0.6 is 0 Å². The number of rotatable bonds is 8. The van der Waals surface area contributed by atoms with Gasteiger partial charge in [-0.15, -0.1) is 5.10 Å². The van der Waals surface area contributed by atoms with Crippen LogP contribution in [0.25, 0.3) is 0 Å². The molecule has 1 aliphatic heterocycles. The van der Waals surface area contributed by atoms with Crippen molar-refractivity contribution in [2.45, 2.75) is 38.9 Å². The highest BCUT2D eigenvalue weighted by molar-refractivity contribution is 5.97. The van der Waals surface area contributed by atoms with Crippen LogP contribution in [0.4, 0.5) is 13.2 Å². The largest absolute Gasteiger partial charge is 0.466 e. The highest BCUT2D eigenvalue weighted by Gasteiger charge is 2.47. The van der Waals surface area contributed by atoms with E-state index in [0.717, 1.165) is 5.56 Å². The van der Waals surface area contributed by atoms with Crippen molar-refractivity contribution in [2.24, 2.45) is 11.0 Å². The minimum absolute atomic E-state index is 0.0113. The Morgan fingerprint density at radius 2 is 1.79 bits per heavy atom. The second-order valence-corrected chi connectivity index (χ2v) is 7.54. The number of hydrazone groups is 1. The molecule has 2 aromatic carbocycles. The Morgan fingerprint density at radius 1 is 1.12 bits per heavy atom. The molecule has 33 heavy (non-hydrogen) atoms. The zero-order valence-electron chi connectivity index (χ0n) is 18.3.